The molecule has 0 spiro atoms. The van der Waals surface area contributed by atoms with Crippen molar-refractivity contribution in [3.63, 3.8) is 0 Å². The van der Waals surface area contributed by atoms with Crippen molar-refractivity contribution in [1.29, 1.82) is 0 Å². The maximum atomic E-state index is 12.6. The Kier molecular flexibility index (Phi) is 4.24. The van der Waals surface area contributed by atoms with Crippen LogP contribution in [0.1, 0.15) is 41.7 Å². The summed E-state index contributed by atoms with van der Waals surface area (Å²) in [4.78, 5) is 32.9. The van der Waals surface area contributed by atoms with Gasteiger partial charge in [0.25, 0.3) is 17.8 Å². The highest BCUT2D eigenvalue weighted by Gasteiger charge is 2.29. The Labute approximate surface area is 160 Å². The lowest BCUT2D eigenvalue weighted by atomic mass is 10.2. The second-order valence-electron chi connectivity index (χ2n) is 6.49. The van der Waals surface area contributed by atoms with Crippen LogP contribution in [0.2, 0.25) is 5.02 Å². The first kappa shape index (κ1) is 17.4. The van der Waals surface area contributed by atoms with Gasteiger partial charge in [-0.05, 0) is 44.0 Å². The lowest BCUT2D eigenvalue weighted by Crippen LogP contribution is -2.25. The Morgan fingerprint density at radius 3 is 2.59 bits per heavy atom. The van der Waals surface area contributed by atoms with Crippen molar-refractivity contribution >= 4 is 40.9 Å². The maximum absolute atomic E-state index is 12.6. The molecule has 0 saturated heterocycles. The van der Waals surface area contributed by atoms with Crippen LogP contribution in [0.3, 0.4) is 0 Å². The van der Waals surface area contributed by atoms with Crippen LogP contribution in [-0.4, -0.2) is 33.3 Å². The zero-order valence-corrected chi connectivity index (χ0v) is 15.3. The summed E-state index contributed by atoms with van der Waals surface area (Å²) >= 11 is 5.87. The van der Waals surface area contributed by atoms with Crippen molar-refractivity contribution in [1.82, 2.24) is 9.78 Å². The molecule has 0 bridgehead atoms. The molecule has 27 heavy (non-hydrogen) atoms. The largest absolute Gasteiger partial charge is 0.306 e. The summed E-state index contributed by atoms with van der Waals surface area (Å²) in [5.41, 5.74) is 2.02. The molecule has 1 aromatic carbocycles. The Hall–Kier alpha value is -3.06. The smallest absolute Gasteiger partial charge is 0.281 e. The van der Waals surface area contributed by atoms with Gasteiger partial charge in [0, 0.05) is 22.6 Å². The van der Waals surface area contributed by atoms with Gasteiger partial charge in [0.2, 0.25) is 0 Å². The predicted octanol–water partition coefficient (Wildman–Crippen LogP) is 3.43. The molecule has 2 amide bonds. The van der Waals surface area contributed by atoms with Gasteiger partial charge in [-0.1, -0.05) is 18.2 Å². The fourth-order valence-electron chi connectivity index (χ4n) is 2.66. The molecular weight excluding hydrogens is 366 g/mol. The van der Waals surface area contributed by atoms with Gasteiger partial charge >= 0.3 is 0 Å². The van der Waals surface area contributed by atoms with Crippen LogP contribution in [-0.2, 0) is 4.79 Å². The molecule has 1 saturated carbocycles. The van der Waals surface area contributed by atoms with E-state index in [4.69, 9.17) is 11.6 Å². The van der Waals surface area contributed by atoms with Crippen molar-refractivity contribution in [3.8, 4) is 0 Å². The summed E-state index contributed by atoms with van der Waals surface area (Å²) in [6, 6.07) is 8.36. The Morgan fingerprint density at radius 2 is 1.96 bits per heavy atom. The number of rotatable bonds is 3. The molecule has 1 aromatic heterocycles. The summed E-state index contributed by atoms with van der Waals surface area (Å²) in [5.74, 6) is 0.104. The van der Waals surface area contributed by atoms with Crippen LogP contribution >= 0.6 is 11.6 Å². The third kappa shape index (κ3) is 3.46. The number of anilines is 1. The molecular formula is C19H16ClN5O2. The van der Waals surface area contributed by atoms with Crippen molar-refractivity contribution in [3.05, 3.63) is 58.8 Å². The second-order valence-corrected chi connectivity index (χ2v) is 6.93. The molecule has 2 heterocycles. The van der Waals surface area contributed by atoms with Crippen LogP contribution in [0, 0.1) is 0 Å². The minimum atomic E-state index is -0.462. The van der Waals surface area contributed by atoms with Crippen LogP contribution in [0.25, 0.3) is 0 Å². The van der Waals surface area contributed by atoms with Crippen LogP contribution in [0.4, 0.5) is 5.82 Å². The molecule has 7 nitrogen and oxygen atoms in total. The van der Waals surface area contributed by atoms with E-state index in [9.17, 15) is 9.59 Å². The minimum absolute atomic E-state index is 0.114. The van der Waals surface area contributed by atoms with Crippen LogP contribution < -0.4 is 5.32 Å². The second kappa shape index (κ2) is 6.59. The lowest BCUT2D eigenvalue weighted by Gasteiger charge is -2.12. The number of carbonyl (C=O) groups is 2. The van der Waals surface area contributed by atoms with Crippen molar-refractivity contribution in [2.75, 3.05) is 5.32 Å². The van der Waals surface area contributed by atoms with Gasteiger partial charge in [0.1, 0.15) is 5.82 Å². The number of aromatic nitrogens is 2. The van der Waals surface area contributed by atoms with Gasteiger partial charge in [0.05, 0.1) is 17.0 Å². The highest BCUT2D eigenvalue weighted by atomic mass is 35.5. The van der Waals surface area contributed by atoms with Gasteiger partial charge in [-0.25, -0.2) is 4.99 Å². The van der Waals surface area contributed by atoms with E-state index < -0.39 is 5.91 Å². The monoisotopic (exact) mass is 381 g/mol. The minimum Gasteiger partial charge on any atom is -0.306 e. The number of halogens is 1. The number of aliphatic imine (C=N–C) groups is 2. The average Bonchev–Trinajstić information content (AvgIpc) is 3.41. The lowest BCUT2D eigenvalue weighted by molar-refractivity contribution is -0.113. The molecule has 1 N–H and O–H groups in total. The SMILES string of the molecule is C=C1C(=O)N=C(n2nc(C3CC3)cc2NC(=O)c2ccc(Cl)cc2)N=C1C. The number of hydrogen-bond acceptors (Lipinski definition) is 4. The van der Waals surface area contributed by atoms with Gasteiger partial charge in [-0.15, -0.1) is 0 Å². The Balaban J connectivity index is 1.69. The summed E-state index contributed by atoms with van der Waals surface area (Å²) < 4.78 is 1.40. The summed E-state index contributed by atoms with van der Waals surface area (Å²) in [6.07, 6.45) is 2.10. The molecule has 1 aliphatic carbocycles. The number of benzene rings is 1. The zero-order chi connectivity index (χ0) is 19.1. The van der Waals surface area contributed by atoms with Gasteiger partial charge in [-0.3, -0.25) is 9.59 Å². The molecule has 0 unspecified atom stereocenters. The first-order chi connectivity index (χ1) is 12.9. The average molecular weight is 382 g/mol. The first-order valence-electron chi connectivity index (χ1n) is 8.47. The first-order valence-corrected chi connectivity index (χ1v) is 8.85. The fourth-order valence-corrected chi connectivity index (χ4v) is 2.79. The van der Waals surface area contributed by atoms with Crippen LogP contribution in [0.15, 0.2) is 52.5 Å². The number of hydrogen-bond donors (Lipinski definition) is 1. The summed E-state index contributed by atoms with van der Waals surface area (Å²) in [6.45, 7) is 5.35. The molecule has 8 heteroatoms. The normalized spacial score (nSPS) is 16.8. The third-order valence-electron chi connectivity index (χ3n) is 4.43. The van der Waals surface area contributed by atoms with E-state index in [1.807, 2.05) is 0 Å². The van der Waals surface area contributed by atoms with Gasteiger partial charge < -0.3 is 5.32 Å². The molecule has 4 rings (SSSR count). The highest BCUT2D eigenvalue weighted by molar-refractivity contribution is 6.30. The molecule has 1 fully saturated rings. The quantitative estimate of drug-likeness (QED) is 0.826. The molecule has 2 aliphatic rings. The van der Waals surface area contributed by atoms with Gasteiger partial charge in [0.15, 0.2) is 0 Å². The van der Waals surface area contributed by atoms with E-state index >= 15 is 0 Å². The third-order valence-corrected chi connectivity index (χ3v) is 4.68. The van der Waals surface area contributed by atoms with Crippen molar-refractivity contribution in [2.45, 2.75) is 25.7 Å². The number of carbonyl (C=O) groups excluding carboxylic acids is 2. The van der Waals surface area contributed by atoms with Gasteiger partial charge in [-0.2, -0.15) is 14.8 Å². The molecule has 0 radical (unpaired) electrons. The number of amides is 2. The van der Waals surface area contributed by atoms with Crippen molar-refractivity contribution in [2.24, 2.45) is 9.98 Å². The Bertz CT molecular complexity index is 1030. The standard InChI is InChI=1S/C19H16ClN5O2/c1-10-11(2)21-19(23-17(10)26)25-16(9-15(24-25)12-3-4-12)22-18(27)13-5-7-14(20)8-6-13/h5-9,12H,1,3-4H2,2H3,(H,22,27). The fraction of sp³-hybridized carbons (Fsp3) is 0.211. The topological polar surface area (TPSA) is 88.7 Å². The summed E-state index contributed by atoms with van der Waals surface area (Å²) in [7, 11) is 0. The summed E-state index contributed by atoms with van der Waals surface area (Å²) in [5, 5.41) is 7.88. The van der Waals surface area contributed by atoms with E-state index in [-0.39, 0.29) is 17.4 Å². The van der Waals surface area contributed by atoms with Crippen molar-refractivity contribution < 1.29 is 9.59 Å². The maximum Gasteiger partial charge on any atom is 0.281 e. The molecule has 2 aromatic rings. The van der Waals surface area contributed by atoms with E-state index in [0.717, 1.165) is 18.5 Å². The highest BCUT2D eigenvalue weighted by Crippen LogP contribution is 2.40. The van der Waals surface area contributed by atoms with E-state index in [1.54, 1.807) is 37.3 Å². The van der Waals surface area contributed by atoms with E-state index in [1.165, 1.54) is 4.68 Å². The zero-order valence-electron chi connectivity index (χ0n) is 14.6. The number of nitrogens with one attached hydrogen (secondary N) is 1. The van der Waals surface area contributed by atoms with Crippen LogP contribution in [0.5, 0.6) is 0 Å². The molecule has 136 valence electrons. The number of nitrogens with zero attached hydrogens (tertiary/aromatic N) is 4. The predicted molar refractivity (Wildman–Crippen MR) is 104 cm³/mol. The molecule has 0 atom stereocenters. The Morgan fingerprint density at radius 1 is 1.26 bits per heavy atom. The van der Waals surface area contributed by atoms with E-state index in [0.29, 0.717) is 28.0 Å². The molecule has 1 aliphatic heterocycles. The van der Waals surface area contributed by atoms with E-state index in [2.05, 4.69) is 27.0 Å².